The van der Waals surface area contributed by atoms with Crippen molar-refractivity contribution in [3.63, 3.8) is 0 Å². The maximum Gasteiger partial charge on any atom is 0.280 e. The maximum absolute atomic E-state index is 12.3. The highest BCUT2D eigenvalue weighted by atomic mass is 35.5. The number of alkyl halides is 2. The van der Waals surface area contributed by atoms with Gasteiger partial charge in [-0.05, 0) is 12.5 Å². The first-order chi connectivity index (χ1) is 6.07. The van der Waals surface area contributed by atoms with E-state index in [0.29, 0.717) is 5.56 Å². The number of aryl methyl sites for hydroxylation is 1. The highest BCUT2D eigenvalue weighted by Crippen LogP contribution is 2.28. The zero-order valence-electron chi connectivity index (χ0n) is 6.89. The molecule has 72 valence electrons. The normalized spacial score (nSPS) is 10.9. The first-order valence-electron chi connectivity index (χ1n) is 3.60. The summed E-state index contributed by atoms with van der Waals surface area (Å²) in [6, 6.07) is 0. The average molecular weight is 208 g/mol. The lowest BCUT2D eigenvalue weighted by atomic mass is 10.1. The number of aliphatic hydroxyl groups excluding tert-OH is 1. The number of hydrogen-bond donors (Lipinski definition) is 1. The van der Waals surface area contributed by atoms with Gasteiger partial charge in [0.15, 0.2) is 0 Å². The second-order valence-corrected chi connectivity index (χ2v) is 2.96. The summed E-state index contributed by atoms with van der Waals surface area (Å²) in [5.41, 5.74) is 0.143. The molecule has 0 saturated heterocycles. The van der Waals surface area contributed by atoms with Crippen LogP contribution >= 0.6 is 11.6 Å². The molecule has 1 aromatic heterocycles. The van der Waals surface area contributed by atoms with Crippen molar-refractivity contribution in [3.8, 4) is 0 Å². The average Bonchev–Trinajstić information content (AvgIpc) is 2.09. The lowest BCUT2D eigenvalue weighted by molar-refractivity contribution is 0.141. The van der Waals surface area contributed by atoms with E-state index in [0.717, 1.165) is 0 Å². The lowest BCUT2D eigenvalue weighted by Crippen LogP contribution is -2.00. The topological polar surface area (TPSA) is 33.1 Å². The van der Waals surface area contributed by atoms with Gasteiger partial charge in [0, 0.05) is 11.8 Å². The number of rotatable bonds is 2. The lowest BCUT2D eigenvalue weighted by Gasteiger charge is -2.08. The third-order valence-electron chi connectivity index (χ3n) is 1.68. The largest absolute Gasteiger partial charge is 0.392 e. The molecule has 0 amide bonds. The monoisotopic (exact) mass is 207 g/mol. The van der Waals surface area contributed by atoms with Gasteiger partial charge in [0.25, 0.3) is 6.43 Å². The molecule has 0 atom stereocenters. The summed E-state index contributed by atoms with van der Waals surface area (Å²) >= 11 is 5.71. The third-order valence-corrected chi connectivity index (χ3v) is 2.21. The first kappa shape index (κ1) is 10.3. The van der Waals surface area contributed by atoms with Gasteiger partial charge in [-0.3, -0.25) is 4.98 Å². The summed E-state index contributed by atoms with van der Waals surface area (Å²) in [4.78, 5) is 3.51. The van der Waals surface area contributed by atoms with E-state index in [2.05, 4.69) is 4.98 Å². The molecule has 0 radical (unpaired) electrons. The van der Waals surface area contributed by atoms with Gasteiger partial charge in [0.1, 0.15) is 5.69 Å². The fourth-order valence-electron chi connectivity index (χ4n) is 0.990. The molecule has 1 aromatic rings. The first-order valence-corrected chi connectivity index (χ1v) is 3.98. The van der Waals surface area contributed by atoms with Crippen LogP contribution in [0, 0.1) is 6.92 Å². The number of aliphatic hydroxyl groups is 1. The molecular weight excluding hydrogens is 200 g/mol. The third kappa shape index (κ3) is 1.95. The summed E-state index contributed by atoms with van der Waals surface area (Å²) in [5.74, 6) is 0. The molecule has 0 aliphatic carbocycles. The Labute approximate surface area is 79.2 Å². The maximum atomic E-state index is 12.3. The molecule has 5 heteroatoms. The van der Waals surface area contributed by atoms with E-state index in [9.17, 15) is 8.78 Å². The van der Waals surface area contributed by atoms with E-state index in [1.165, 1.54) is 6.20 Å². The van der Waals surface area contributed by atoms with Crippen molar-refractivity contribution in [2.75, 3.05) is 0 Å². The van der Waals surface area contributed by atoms with E-state index in [-0.39, 0.29) is 10.6 Å². The Morgan fingerprint density at radius 3 is 2.69 bits per heavy atom. The van der Waals surface area contributed by atoms with Crippen molar-refractivity contribution in [1.82, 2.24) is 4.98 Å². The Bertz CT molecular complexity index is 317. The van der Waals surface area contributed by atoms with E-state index in [1.807, 2.05) is 0 Å². The summed E-state index contributed by atoms with van der Waals surface area (Å²) < 4.78 is 24.6. The second-order valence-electron chi connectivity index (χ2n) is 2.58. The minimum atomic E-state index is -2.71. The van der Waals surface area contributed by atoms with Crippen LogP contribution in [-0.2, 0) is 6.61 Å². The molecule has 0 spiro atoms. The van der Waals surface area contributed by atoms with Crippen LogP contribution in [-0.4, -0.2) is 10.1 Å². The molecule has 0 aliphatic rings. The van der Waals surface area contributed by atoms with Crippen molar-refractivity contribution in [2.45, 2.75) is 20.0 Å². The van der Waals surface area contributed by atoms with E-state index in [4.69, 9.17) is 16.7 Å². The second kappa shape index (κ2) is 3.98. The molecule has 0 aromatic carbocycles. The van der Waals surface area contributed by atoms with Crippen LogP contribution in [0.25, 0.3) is 0 Å². The fraction of sp³-hybridized carbons (Fsp3) is 0.375. The number of aromatic nitrogens is 1. The number of pyridine rings is 1. The molecule has 13 heavy (non-hydrogen) atoms. The number of hydrogen-bond acceptors (Lipinski definition) is 2. The van der Waals surface area contributed by atoms with Crippen LogP contribution in [0.3, 0.4) is 0 Å². The van der Waals surface area contributed by atoms with Crippen LogP contribution in [0.4, 0.5) is 8.78 Å². The van der Waals surface area contributed by atoms with Crippen molar-refractivity contribution >= 4 is 11.6 Å². The van der Waals surface area contributed by atoms with E-state index >= 15 is 0 Å². The van der Waals surface area contributed by atoms with Gasteiger partial charge < -0.3 is 5.11 Å². The Morgan fingerprint density at radius 1 is 1.62 bits per heavy atom. The number of halogens is 3. The summed E-state index contributed by atoms with van der Waals surface area (Å²) in [7, 11) is 0. The molecule has 0 fully saturated rings. The Kier molecular flexibility index (Phi) is 3.17. The SMILES string of the molecule is Cc1cnc(C(F)F)c(CO)c1Cl. The Morgan fingerprint density at radius 2 is 2.23 bits per heavy atom. The summed E-state index contributed by atoms with van der Waals surface area (Å²) in [6.45, 7) is 1.12. The van der Waals surface area contributed by atoms with Gasteiger partial charge in [-0.2, -0.15) is 0 Å². The molecule has 0 aliphatic heterocycles. The smallest absolute Gasteiger partial charge is 0.280 e. The predicted octanol–water partition coefficient (Wildman–Crippen LogP) is 2.47. The van der Waals surface area contributed by atoms with Gasteiger partial charge in [-0.15, -0.1) is 0 Å². The predicted molar refractivity (Wildman–Crippen MR) is 44.9 cm³/mol. The molecule has 1 N–H and O–H groups in total. The summed E-state index contributed by atoms with van der Waals surface area (Å²) in [5, 5.41) is 8.97. The molecular formula is C8H8ClF2NO. The molecule has 0 unspecified atom stereocenters. The quantitative estimate of drug-likeness (QED) is 0.808. The van der Waals surface area contributed by atoms with Crippen LogP contribution in [0.1, 0.15) is 23.2 Å². The van der Waals surface area contributed by atoms with Crippen molar-refractivity contribution in [1.29, 1.82) is 0 Å². The molecule has 2 nitrogen and oxygen atoms in total. The Hall–Kier alpha value is -0.740. The van der Waals surface area contributed by atoms with Gasteiger partial charge in [-0.1, -0.05) is 11.6 Å². The van der Waals surface area contributed by atoms with Crippen LogP contribution < -0.4 is 0 Å². The minimum absolute atomic E-state index is 0.0108. The van der Waals surface area contributed by atoms with Gasteiger partial charge in [0.2, 0.25) is 0 Å². The molecule has 1 heterocycles. The van der Waals surface area contributed by atoms with Crippen LogP contribution in [0.15, 0.2) is 6.20 Å². The van der Waals surface area contributed by atoms with Crippen molar-refractivity contribution in [3.05, 3.63) is 28.0 Å². The van der Waals surface area contributed by atoms with Gasteiger partial charge in [-0.25, -0.2) is 8.78 Å². The van der Waals surface area contributed by atoms with E-state index < -0.39 is 18.7 Å². The standard InChI is InChI=1S/C8H8ClF2NO/c1-4-2-12-7(8(10)11)5(3-13)6(4)9/h2,8,13H,3H2,1H3. The zero-order valence-corrected chi connectivity index (χ0v) is 7.65. The van der Waals surface area contributed by atoms with Crippen molar-refractivity contribution in [2.24, 2.45) is 0 Å². The zero-order chi connectivity index (χ0) is 10.0. The van der Waals surface area contributed by atoms with Crippen molar-refractivity contribution < 1.29 is 13.9 Å². The highest BCUT2D eigenvalue weighted by Gasteiger charge is 2.17. The molecule has 1 rings (SSSR count). The number of nitrogens with zero attached hydrogens (tertiary/aromatic N) is 1. The minimum Gasteiger partial charge on any atom is -0.392 e. The van der Waals surface area contributed by atoms with Gasteiger partial charge >= 0.3 is 0 Å². The van der Waals surface area contributed by atoms with Crippen LogP contribution in [0.5, 0.6) is 0 Å². The Balaban J connectivity index is 3.30. The molecule has 0 bridgehead atoms. The van der Waals surface area contributed by atoms with Crippen LogP contribution in [0.2, 0.25) is 5.02 Å². The van der Waals surface area contributed by atoms with Gasteiger partial charge in [0.05, 0.1) is 11.6 Å². The fourth-order valence-corrected chi connectivity index (χ4v) is 1.20. The highest BCUT2D eigenvalue weighted by molar-refractivity contribution is 6.32. The summed E-state index contributed by atoms with van der Waals surface area (Å²) in [6.07, 6.45) is -1.44. The van der Waals surface area contributed by atoms with E-state index in [1.54, 1.807) is 6.92 Å². The molecule has 0 saturated carbocycles.